The van der Waals surface area contributed by atoms with E-state index in [4.69, 9.17) is 4.42 Å². The average molecular weight is 401 g/mol. The van der Waals surface area contributed by atoms with Crippen LogP contribution in [0.3, 0.4) is 0 Å². The van der Waals surface area contributed by atoms with E-state index >= 15 is 0 Å². The van der Waals surface area contributed by atoms with Gasteiger partial charge in [0.1, 0.15) is 12.1 Å². The molecule has 146 valence electrons. The van der Waals surface area contributed by atoms with Crippen molar-refractivity contribution in [2.45, 2.75) is 24.2 Å². The number of amides is 2. The number of halogens is 3. The molecule has 0 spiro atoms. The van der Waals surface area contributed by atoms with Crippen LogP contribution in [0.2, 0.25) is 0 Å². The summed E-state index contributed by atoms with van der Waals surface area (Å²) >= 11 is 1.19. The third-order valence-corrected chi connectivity index (χ3v) is 5.09. The maximum Gasteiger partial charge on any atom is 0.405 e. The van der Waals surface area contributed by atoms with E-state index < -0.39 is 24.5 Å². The van der Waals surface area contributed by atoms with Gasteiger partial charge in [-0.3, -0.25) is 9.59 Å². The minimum atomic E-state index is -4.42. The number of carbonyl (C=O) groups is 2. The van der Waals surface area contributed by atoms with E-state index in [2.05, 4.69) is 4.98 Å². The maximum absolute atomic E-state index is 12.3. The van der Waals surface area contributed by atoms with Crippen molar-refractivity contribution < 1.29 is 27.2 Å². The summed E-state index contributed by atoms with van der Waals surface area (Å²) in [7, 11) is 0. The third-order valence-electron chi connectivity index (χ3n) is 4.27. The number of hydrogen-bond donors (Lipinski definition) is 1. The van der Waals surface area contributed by atoms with E-state index in [1.165, 1.54) is 11.8 Å². The van der Waals surface area contributed by atoms with Gasteiger partial charge in [-0.15, -0.1) is 0 Å². The molecule has 1 fully saturated rings. The largest absolute Gasteiger partial charge is 0.431 e. The third kappa shape index (κ3) is 5.38. The van der Waals surface area contributed by atoms with Gasteiger partial charge in [-0.25, -0.2) is 4.98 Å². The highest BCUT2D eigenvalue weighted by atomic mass is 32.2. The number of rotatable bonds is 5. The molecule has 1 aromatic heterocycles. The van der Waals surface area contributed by atoms with E-state index in [-0.39, 0.29) is 11.7 Å². The summed E-state index contributed by atoms with van der Waals surface area (Å²) in [4.78, 5) is 30.0. The number of fused-ring (bicyclic) bond motifs is 1. The second kappa shape index (κ2) is 8.20. The van der Waals surface area contributed by atoms with Crippen molar-refractivity contribution in [3.8, 4) is 0 Å². The fraction of sp³-hybridized carbons (Fsp3) is 0.471. The molecule has 2 amide bonds. The van der Waals surface area contributed by atoms with Gasteiger partial charge in [0.25, 0.3) is 5.22 Å². The number of aromatic nitrogens is 1. The number of nitrogens with zero attached hydrogens (tertiary/aromatic N) is 2. The van der Waals surface area contributed by atoms with Crippen LogP contribution in [0.25, 0.3) is 11.1 Å². The van der Waals surface area contributed by atoms with Gasteiger partial charge < -0.3 is 14.6 Å². The quantitative estimate of drug-likeness (QED) is 0.780. The van der Waals surface area contributed by atoms with Crippen LogP contribution in [-0.2, 0) is 9.59 Å². The molecule has 1 aliphatic heterocycles. The van der Waals surface area contributed by atoms with Crippen LogP contribution in [0.1, 0.15) is 12.8 Å². The monoisotopic (exact) mass is 401 g/mol. The Morgan fingerprint density at radius 3 is 2.63 bits per heavy atom. The van der Waals surface area contributed by atoms with E-state index in [1.54, 1.807) is 11.0 Å². The van der Waals surface area contributed by atoms with Gasteiger partial charge in [-0.2, -0.15) is 13.2 Å². The van der Waals surface area contributed by atoms with Crippen LogP contribution < -0.4 is 5.32 Å². The molecule has 1 aliphatic rings. The lowest BCUT2D eigenvalue weighted by molar-refractivity contribution is -0.142. The van der Waals surface area contributed by atoms with Crippen molar-refractivity contribution in [2.75, 3.05) is 25.4 Å². The molecule has 0 radical (unpaired) electrons. The normalized spacial score (nSPS) is 15.9. The first-order valence-electron chi connectivity index (χ1n) is 8.42. The minimum Gasteiger partial charge on any atom is -0.431 e. The van der Waals surface area contributed by atoms with Crippen molar-refractivity contribution in [1.82, 2.24) is 15.2 Å². The van der Waals surface area contributed by atoms with Crippen molar-refractivity contribution in [3.05, 3.63) is 24.3 Å². The molecule has 1 N–H and O–H groups in total. The van der Waals surface area contributed by atoms with E-state index in [9.17, 15) is 22.8 Å². The molecule has 6 nitrogen and oxygen atoms in total. The average Bonchev–Trinajstić information content (AvgIpc) is 3.06. The SMILES string of the molecule is O=C(NCC(F)(F)F)C1CCN(C(=O)CSc2nc3ccccc3o2)CC1. The Labute approximate surface area is 157 Å². The highest BCUT2D eigenvalue weighted by Crippen LogP contribution is 2.24. The molecule has 27 heavy (non-hydrogen) atoms. The number of benzene rings is 1. The number of alkyl halides is 3. The predicted octanol–water partition coefficient (Wildman–Crippen LogP) is 2.84. The summed E-state index contributed by atoms with van der Waals surface area (Å²) in [6.07, 6.45) is -3.72. The molecule has 10 heteroatoms. The molecule has 0 bridgehead atoms. The Kier molecular flexibility index (Phi) is 5.93. The van der Waals surface area contributed by atoms with E-state index in [1.807, 2.05) is 23.5 Å². The number of piperidine rings is 1. The molecule has 2 heterocycles. The summed E-state index contributed by atoms with van der Waals surface area (Å²) in [5.41, 5.74) is 1.37. The number of nitrogens with one attached hydrogen (secondary N) is 1. The van der Waals surface area contributed by atoms with Crippen LogP contribution in [0.4, 0.5) is 13.2 Å². The molecule has 2 aromatic rings. The van der Waals surface area contributed by atoms with Gasteiger partial charge in [0.05, 0.1) is 5.75 Å². The smallest absolute Gasteiger partial charge is 0.405 e. The van der Waals surface area contributed by atoms with Crippen LogP contribution in [0.15, 0.2) is 33.9 Å². The van der Waals surface area contributed by atoms with Crippen molar-refractivity contribution in [3.63, 3.8) is 0 Å². The standard InChI is InChI=1S/C17H18F3N3O3S/c18-17(19,20)10-21-15(25)11-5-7-23(8-6-11)14(24)9-27-16-22-12-3-1-2-4-13(12)26-16/h1-4,11H,5-10H2,(H,21,25). The van der Waals surface area contributed by atoms with E-state index in [0.717, 1.165) is 5.52 Å². The molecule has 0 unspecified atom stereocenters. The molecule has 0 atom stereocenters. The zero-order chi connectivity index (χ0) is 19.4. The van der Waals surface area contributed by atoms with Crippen LogP contribution >= 0.6 is 11.8 Å². The van der Waals surface area contributed by atoms with Crippen LogP contribution in [-0.4, -0.2) is 53.3 Å². The van der Waals surface area contributed by atoms with Crippen LogP contribution in [0.5, 0.6) is 0 Å². The fourth-order valence-corrected chi connectivity index (χ4v) is 3.59. The maximum atomic E-state index is 12.3. The Balaban J connectivity index is 1.43. The number of para-hydroxylation sites is 2. The van der Waals surface area contributed by atoms with E-state index in [0.29, 0.717) is 36.7 Å². The lowest BCUT2D eigenvalue weighted by atomic mass is 9.96. The van der Waals surface area contributed by atoms with Crippen molar-refractivity contribution in [1.29, 1.82) is 0 Å². The van der Waals surface area contributed by atoms with Gasteiger partial charge >= 0.3 is 6.18 Å². The summed E-state index contributed by atoms with van der Waals surface area (Å²) in [5.74, 6) is -1.07. The zero-order valence-corrected chi connectivity index (χ0v) is 15.1. The fourth-order valence-electron chi connectivity index (χ4n) is 2.85. The van der Waals surface area contributed by atoms with Crippen molar-refractivity contribution in [2.24, 2.45) is 5.92 Å². The number of thioether (sulfide) groups is 1. The zero-order valence-electron chi connectivity index (χ0n) is 14.3. The molecule has 1 aromatic carbocycles. The van der Waals surface area contributed by atoms with Gasteiger partial charge in [-0.1, -0.05) is 23.9 Å². The number of carbonyl (C=O) groups excluding carboxylic acids is 2. The molecule has 0 aliphatic carbocycles. The summed E-state index contributed by atoms with van der Waals surface area (Å²) < 4.78 is 42.0. The Morgan fingerprint density at radius 1 is 1.26 bits per heavy atom. The number of oxazole rings is 1. The first-order valence-corrected chi connectivity index (χ1v) is 9.41. The first kappa shape index (κ1) is 19.5. The number of likely N-dealkylation sites (tertiary alicyclic amines) is 1. The lowest BCUT2D eigenvalue weighted by Gasteiger charge is -2.31. The van der Waals surface area contributed by atoms with Crippen molar-refractivity contribution >= 4 is 34.7 Å². The molecule has 0 saturated carbocycles. The molecular weight excluding hydrogens is 383 g/mol. The van der Waals surface area contributed by atoms with Gasteiger partial charge in [0, 0.05) is 19.0 Å². The lowest BCUT2D eigenvalue weighted by Crippen LogP contribution is -2.45. The Hall–Kier alpha value is -2.23. The highest BCUT2D eigenvalue weighted by Gasteiger charge is 2.31. The molecular formula is C17H18F3N3O3S. The number of hydrogen-bond acceptors (Lipinski definition) is 5. The predicted molar refractivity (Wildman–Crippen MR) is 93.1 cm³/mol. The summed E-state index contributed by atoms with van der Waals surface area (Å²) in [6.45, 7) is -0.639. The van der Waals surface area contributed by atoms with Gasteiger partial charge in [0.2, 0.25) is 11.8 Å². The second-order valence-electron chi connectivity index (χ2n) is 6.22. The highest BCUT2D eigenvalue weighted by molar-refractivity contribution is 7.99. The summed E-state index contributed by atoms with van der Waals surface area (Å²) in [6, 6.07) is 7.30. The topological polar surface area (TPSA) is 75.4 Å². The summed E-state index contributed by atoms with van der Waals surface area (Å²) in [5, 5.41) is 2.31. The Morgan fingerprint density at radius 2 is 1.96 bits per heavy atom. The van der Waals surface area contributed by atoms with Gasteiger partial charge in [-0.05, 0) is 25.0 Å². The molecule has 3 rings (SSSR count). The minimum absolute atomic E-state index is 0.114. The second-order valence-corrected chi connectivity index (χ2v) is 7.15. The van der Waals surface area contributed by atoms with Gasteiger partial charge in [0.15, 0.2) is 5.58 Å². The first-order chi connectivity index (χ1) is 12.8. The molecule has 1 saturated heterocycles. The van der Waals surface area contributed by atoms with Crippen LogP contribution in [0, 0.1) is 5.92 Å². The Bertz CT molecular complexity index is 783.